The van der Waals surface area contributed by atoms with Gasteiger partial charge in [-0.05, 0) is 17.9 Å². The molecule has 1 saturated heterocycles. The van der Waals surface area contributed by atoms with Gasteiger partial charge in [-0.3, -0.25) is 14.5 Å². The zero-order valence-electron chi connectivity index (χ0n) is 12.1. The lowest BCUT2D eigenvalue weighted by molar-refractivity contribution is -0.125. The largest absolute Gasteiger partial charge is 0.345 e. The van der Waals surface area contributed by atoms with Gasteiger partial charge in [-0.15, -0.1) is 0 Å². The predicted octanol–water partition coefficient (Wildman–Crippen LogP) is 1.60. The fraction of sp³-hybridized carbons (Fsp3) is 0.500. The van der Waals surface area contributed by atoms with Crippen LogP contribution < -0.4 is 5.32 Å². The second-order valence-electron chi connectivity index (χ2n) is 5.85. The lowest BCUT2D eigenvalue weighted by Gasteiger charge is -2.18. The van der Waals surface area contributed by atoms with E-state index in [0.717, 1.165) is 5.56 Å². The third kappa shape index (κ3) is 4.17. The molecule has 4 nitrogen and oxygen atoms in total. The molecule has 0 spiro atoms. The van der Waals surface area contributed by atoms with Crippen molar-refractivity contribution in [2.75, 3.05) is 13.1 Å². The van der Waals surface area contributed by atoms with Gasteiger partial charge in [0.2, 0.25) is 5.91 Å². The monoisotopic (exact) mass is 274 g/mol. The van der Waals surface area contributed by atoms with Gasteiger partial charge in [0.15, 0.2) is 5.78 Å². The molecule has 1 atom stereocenters. The molecule has 1 heterocycles. The Morgan fingerprint density at radius 2 is 1.90 bits per heavy atom. The van der Waals surface area contributed by atoms with Gasteiger partial charge in [-0.25, -0.2) is 0 Å². The quantitative estimate of drug-likeness (QED) is 0.907. The van der Waals surface area contributed by atoms with Gasteiger partial charge in [0, 0.05) is 6.54 Å². The average Bonchev–Trinajstić information content (AvgIpc) is 2.49. The van der Waals surface area contributed by atoms with E-state index in [2.05, 4.69) is 19.2 Å². The third-order valence-electron chi connectivity index (χ3n) is 3.43. The highest BCUT2D eigenvalue weighted by Crippen LogP contribution is 2.11. The van der Waals surface area contributed by atoms with Crippen LogP contribution in [-0.2, 0) is 16.1 Å². The topological polar surface area (TPSA) is 49.4 Å². The highest BCUT2D eigenvalue weighted by Gasteiger charge is 2.28. The number of ketones is 1. The molecule has 0 saturated carbocycles. The van der Waals surface area contributed by atoms with E-state index in [1.54, 1.807) is 0 Å². The second-order valence-corrected chi connectivity index (χ2v) is 5.85. The van der Waals surface area contributed by atoms with Crippen molar-refractivity contribution in [3.63, 3.8) is 0 Å². The van der Waals surface area contributed by atoms with Gasteiger partial charge < -0.3 is 5.32 Å². The lowest BCUT2D eigenvalue weighted by Crippen LogP contribution is -2.40. The Bertz CT molecular complexity index is 471. The summed E-state index contributed by atoms with van der Waals surface area (Å²) >= 11 is 0. The van der Waals surface area contributed by atoms with E-state index >= 15 is 0 Å². The van der Waals surface area contributed by atoms with Crippen LogP contribution in [0.5, 0.6) is 0 Å². The third-order valence-corrected chi connectivity index (χ3v) is 3.43. The fourth-order valence-corrected chi connectivity index (χ4v) is 2.53. The molecular formula is C16H22N2O2. The van der Waals surface area contributed by atoms with Gasteiger partial charge >= 0.3 is 0 Å². The maximum absolute atomic E-state index is 12.2. The number of hydrogen-bond acceptors (Lipinski definition) is 3. The minimum absolute atomic E-state index is 0.0579. The number of carbonyl (C=O) groups is 2. The van der Waals surface area contributed by atoms with Crippen molar-refractivity contribution in [1.29, 1.82) is 0 Å². The Hall–Kier alpha value is -1.68. The Morgan fingerprint density at radius 1 is 1.20 bits per heavy atom. The Kier molecular flexibility index (Phi) is 4.90. The smallest absolute Gasteiger partial charge is 0.234 e. The molecule has 108 valence electrons. The molecule has 1 N–H and O–H groups in total. The van der Waals surface area contributed by atoms with E-state index in [-0.39, 0.29) is 24.3 Å². The summed E-state index contributed by atoms with van der Waals surface area (Å²) in [6.07, 6.45) is 0.712. The molecule has 0 bridgehead atoms. The molecule has 0 radical (unpaired) electrons. The lowest BCUT2D eigenvalue weighted by atomic mass is 10.0. The summed E-state index contributed by atoms with van der Waals surface area (Å²) in [5, 5.41) is 2.85. The molecule has 0 aromatic heterocycles. The maximum Gasteiger partial charge on any atom is 0.234 e. The maximum atomic E-state index is 12.2. The van der Waals surface area contributed by atoms with Gasteiger partial charge in [-0.2, -0.15) is 0 Å². The molecule has 1 aromatic carbocycles. The Labute approximate surface area is 120 Å². The minimum Gasteiger partial charge on any atom is -0.345 e. The van der Waals surface area contributed by atoms with Crippen LogP contribution in [0.4, 0.5) is 0 Å². The number of nitrogens with zero attached hydrogens (tertiary/aromatic N) is 1. The fourth-order valence-electron chi connectivity index (χ4n) is 2.53. The molecule has 4 heteroatoms. The van der Waals surface area contributed by atoms with E-state index in [0.29, 0.717) is 25.4 Å². The molecule has 0 unspecified atom stereocenters. The first kappa shape index (κ1) is 14.7. The van der Waals surface area contributed by atoms with Crippen molar-refractivity contribution in [1.82, 2.24) is 10.2 Å². The van der Waals surface area contributed by atoms with E-state index in [1.807, 2.05) is 35.2 Å². The second kappa shape index (κ2) is 6.66. The molecule has 1 aliphatic heterocycles. The van der Waals surface area contributed by atoms with Crippen LogP contribution in [0.1, 0.15) is 25.8 Å². The van der Waals surface area contributed by atoms with Crippen molar-refractivity contribution >= 4 is 11.7 Å². The zero-order valence-corrected chi connectivity index (χ0v) is 12.1. The molecule has 20 heavy (non-hydrogen) atoms. The first-order valence-corrected chi connectivity index (χ1v) is 7.13. The predicted molar refractivity (Wildman–Crippen MR) is 78.1 cm³/mol. The highest BCUT2D eigenvalue weighted by molar-refractivity contribution is 5.93. The van der Waals surface area contributed by atoms with Crippen LogP contribution >= 0.6 is 0 Å². The van der Waals surface area contributed by atoms with Gasteiger partial charge in [0.1, 0.15) is 0 Å². The summed E-state index contributed by atoms with van der Waals surface area (Å²) in [7, 11) is 0. The number of Topliss-reactive ketones (excluding diaryl/α,β-unsaturated/α-hetero) is 1. The minimum atomic E-state index is -0.330. The van der Waals surface area contributed by atoms with Crippen LogP contribution in [0.25, 0.3) is 0 Å². The van der Waals surface area contributed by atoms with E-state index in [4.69, 9.17) is 0 Å². The summed E-state index contributed by atoms with van der Waals surface area (Å²) in [6, 6.07) is 9.59. The SMILES string of the molecule is CC(C)C[C@@H]1NC(=O)CN(Cc2ccccc2)CC1=O. The molecule has 2 rings (SSSR count). The Balaban J connectivity index is 2.03. The van der Waals surface area contributed by atoms with Crippen molar-refractivity contribution in [2.45, 2.75) is 32.9 Å². The van der Waals surface area contributed by atoms with Crippen LogP contribution in [0.2, 0.25) is 0 Å². The number of carbonyl (C=O) groups excluding carboxylic acids is 2. The molecule has 1 aromatic rings. The number of nitrogens with one attached hydrogen (secondary N) is 1. The highest BCUT2D eigenvalue weighted by atomic mass is 16.2. The van der Waals surface area contributed by atoms with E-state index < -0.39 is 0 Å². The van der Waals surface area contributed by atoms with Crippen LogP contribution in [-0.4, -0.2) is 35.7 Å². The van der Waals surface area contributed by atoms with Crippen LogP contribution in [0, 0.1) is 5.92 Å². The number of benzene rings is 1. The molecule has 1 fully saturated rings. The molecule has 1 amide bonds. The van der Waals surface area contributed by atoms with Crippen molar-refractivity contribution in [3.8, 4) is 0 Å². The molecule has 0 aliphatic carbocycles. The van der Waals surface area contributed by atoms with Crippen molar-refractivity contribution in [2.24, 2.45) is 5.92 Å². The summed E-state index contributed by atoms with van der Waals surface area (Å²) in [6.45, 7) is 5.38. The first-order valence-electron chi connectivity index (χ1n) is 7.13. The summed E-state index contributed by atoms with van der Waals surface area (Å²) in [5.41, 5.74) is 1.12. The average molecular weight is 274 g/mol. The summed E-state index contributed by atoms with van der Waals surface area (Å²) < 4.78 is 0. The summed E-state index contributed by atoms with van der Waals surface area (Å²) in [5.74, 6) is 0.447. The molecular weight excluding hydrogens is 252 g/mol. The van der Waals surface area contributed by atoms with Crippen molar-refractivity contribution in [3.05, 3.63) is 35.9 Å². The van der Waals surface area contributed by atoms with Crippen LogP contribution in [0.3, 0.4) is 0 Å². The summed E-state index contributed by atoms with van der Waals surface area (Å²) in [4.78, 5) is 26.1. The van der Waals surface area contributed by atoms with Gasteiger partial charge in [-0.1, -0.05) is 44.2 Å². The van der Waals surface area contributed by atoms with Gasteiger partial charge in [0.25, 0.3) is 0 Å². The normalized spacial score (nSPS) is 20.9. The first-order chi connectivity index (χ1) is 9.54. The number of hydrogen-bond donors (Lipinski definition) is 1. The van der Waals surface area contributed by atoms with Crippen LogP contribution in [0.15, 0.2) is 30.3 Å². The number of amides is 1. The van der Waals surface area contributed by atoms with Crippen molar-refractivity contribution < 1.29 is 9.59 Å². The standard InChI is InChI=1S/C16H22N2O2/c1-12(2)8-14-15(19)10-18(11-16(20)17-14)9-13-6-4-3-5-7-13/h3-7,12,14H,8-11H2,1-2H3,(H,17,20)/t14-/m0/s1. The van der Waals surface area contributed by atoms with Gasteiger partial charge in [0.05, 0.1) is 19.1 Å². The Morgan fingerprint density at radius 3 is 2.55 bits per heavy atom. The van der Waals surface area contributed by atoms with E-state index in [1.165, 1.54) is 0 Å². The number of rotatable bonds is 4. The van der Waals surface area contributed by atoms with E-state index in [9.17, 15) is 9.59 Å². The zero-order chi connectivity index (χ0) is 14.5. The molecule has 1 aliphatic rings.